The zero-order valence-electron chi connectivity index (χ0n) is 8.32. The topological polar surface area (TPSA) is 63.6 Å². The van der Waals surface area contributed by atoms with Crippen LogP contribution in [-0.2, 0) is 14.3 Å². The summed E-state index contributed by atoms with van der Waals surface area (Å²) in [6.07, 6.45) is 1.40. The van der Waals surface area contributed by atoms with Gasteiger partial charge in [-0.3, -0.25) is 9.59 Å². The Kier molecular flexibility index (Phi) is 3.28. The van der Waals surface area contributed by atoms with Crippen molar-refractivity contribution in [3.8, 4) is 0 Å². The first-order chi connectivity index (χ1) is 6.56. The Morgan fingerprint density at radius 3 is 2.86 bits per heavy atom. The van der Waals surface area contributed by atoms with E-state index in [-0.39, 0.29) is 30.5 Å². The van der Waals surface area contributed by atoms with Gasteiger partial charge < -0.3 is 9.84 Å². The lowest BCUT2D eigenvalue weighted by Crippen LogP contribution is -2.31. The van der Waals surface area contributed by atoms with Crippen molar-refractivity contribution in [2.75, 3.05) is 6.61 Å². The third-order valence-electron chi connectivity index (χ3n) is 2.26. The van der Waals surface area contributed by atoms with Crippen molar-refractivity contribution in [3.63, 3.8) is 0 Å². The normalized spacial score (nSPS) is 27.0. The molecule has 0 saturated heterocycles. The van der Waals surface area contributed by atoms with Crippen LogP contribution in [0, 0.1) is 11.8 Å². The van der Waals surface area contributed by atoms with E-state index >= 15 is 0 Å². The molecule has 0 aromatic heterocycles. The summed E-state index contributed by atoms with van der Waals surface area (Å²) in [6.45, 7) is 3.74. The number of hydrogen-bond donors (Lipinski definition) is 1. The second kappa shape index (κ2) is 4.26. The predicted octanol–water partition coefficient (Wildman–Crippen LogP) is 1.22. The lowest BCUT2D eigenvalue weighted by Gasteiger charge is -2.24. The fraction of sp³-hybridized carbons (Fsp3) is 0.600. The first-order valence-corrected chi connectivity index (χ1v) is 4.66. The number of esters is 1. The van der Waals surface area contributed by atoms with Crippen molar-refractivity contribution < 1.29 is 19.4 Å². The van der Waals surface area contributed by atoms with Crippen LogP contribution in [0.2, 0.25) is 0 Å². The van der Waals surface area contributed by atoms with Gasteiger partial charge in [0.15, 0.2) is 5.78 Å². The van der Waals surface area contributed by atoms with E-state index in [2.05, 4.69) is 0 Å². The second-order valence-corrected chi connectivity index (χ2v) is 3.45. The van der Waals surface area contributed by atoms with Crippen LogP contribution in [0.25, 0.3) is 0 Å². The van der Waals surface area contributed by atoms with Crippen LogP contribution in [0.5, 0.6) is 0 Å². The number of ether oxygens (including phenoxy) is 1. The molecule has 0 spiro atoms. The van der Waals surface area contributed by atoms with Crippen molar-refractivity contribution in [1.82, 2.24) is 0 Å². The van der Waals surface area contributed by atoms with Crippen molar-refractivity contribution >= 4 is 11.8 Å². The number of carbonyl (C=O) groups is 2. The molecule has 4 heteroatoms. The Bertz CT molecular complexity index is 280. The summed E-state index contributed by atoms with van der Waals surface area (Å²) >= 11 is 0. The summed E-state index contributed by atoms with van der Waals surface area (Å²) in [5.41, 5.74) is 0. The molecule has 1 aliphatic rings. The smallest absolute Gasteiger partial charge is 0.316 e. The first kappa shape index (κ1) is 10.8. The van der Waals surface area contributed by atoms with E-state index in [9.17, 15) is 14.7 Å². The Hall–Kier alpha value is -1.32. The Morgan fingerprint density at radius 2 is 2.36 bits per heavy atom. The molecule has 0 heterocycles. The monoisotopic (exact) mass is 198 g/mol. The van der Waals surface area contributed by atoms with Gasteiger partial charge in [0, 0.05) is 12.5 Å². The van der Waals surface area contributed by atoms with E-state index in [4.69, 9.17) is 4.74 Å². The largest absolute Gasteiger partial charge is 0.511 e. The third kappa shape index (κ3) is 2.13. The molecule has 1 rings (SSSR count). The lowest BCUT2D eigenvalue weighted by atomic mass is 9.83. The predicted molar refractivity (Wildman–Crippen MR) is 49.6 cm³/mol. The molecule has 0 amide bonds. The number of ketones is 1. The van der Waals surface area contributed by atoms with Gasteiger partial charge in [-0.25, -0.2) is 0 Å². The maximum absolute atomic E-state index is 11.4. The Balaban J connectivity index is 2.81. The van der Waals surface area contributed by atoms with Crippen LogP contribution >= 0.6 is 0 Å². The minimum atomic E-state index is -0.673. The number of carbonyl (C=O) groups excluding carboxylic acids is 2. The fourth-order valence-corrected chi connectivity index (χ4v) is 1.63. The second-order valence-electron chi connectivity index (χ2n) is 3.45. The fourth-order valence-electron chi connectivity index (χ4n) is 1.63. The van der Waals surface area contributed by atoms with E-state index < -0.39 is 11.9 Å². The molecule has 1 aliphatic carbocycles. The molecule has 0 fully saturated rings. The molecule has 4 nitrogen and oxygen atoms in total. The van der Waals surface area contributed by atoms with Gasteiger partial charge in [-0.2, -0.15) is 0 Å². The third-order valence-corrected chi connectivity index (χ3v) is 2.26. The van der Waals surface area contributed by atoms with Crippen LogP contribution < -0.4 is 0 Å². The quantitative estimate of drug-likeness (QED) is 0.677. The number of aliphatic hydroxyl groups excluding tert-OH is 1. The average molecular weight is 198 g/mol. The van der Waals surface area contributed by atoms with Gasteiger partial charge in [0.2, 0.25) is 0 Å². The van der Waals surface area contributed by atoms with Crippen LogP contribution in [0.3, 0.4) is 0 Å². The molecule has 0 aromatic carbocycles. The zero-order chi connectivity index (χ0) is 10.7. The van der Waals surface area contributed by atoms with Gasteiger partial charge in [0.25, 0.3) is 0 Å². The molecule has 0 bridgehead atoms. The lowest BCUT2D eigenvalue weighted by molar-refractivity contribution is -0.149. The molecule has 0 radical (unpaired) electrons. The van der Waals surface area contributed by atoms with Crippen molar-refractivity contribution in [1.29, 1.82) is 0 Å². The van der Waals surface area contributed by atoms with Gasteiger partial charge in [-0.05, 0) is 12.8 Å². The molecule has 1 N–H and O–H groups in total. The van der Waals surface area contributed by atoms with E-state index in [1.54, 1.807) is 13.8 Å². The van der Waals surface area contributed by atoms with Crippen molar-refractivity contribution in [3.05, 3.63) is 11.8 Å². The summed E-state index contributed by atoms with van der Waals surface area (Å²) in [5.74, 6) is -1.64. The molecule has 78 valence electrons. The molecular weight excluding hydrogens is 184 g/mol. The van der Waals surface area contributed by atoms with Crippen LogP contribution in [0.4, 0.5) is 0 Å². The Morgan fingerprint density at radius 1 is 1.71 bits per heavy atom. The zero-order valence-corrected chi connectivity index (χ0v) is 8.32. The average Bonchev–Trinajstić information content (AvgIpc) is 2.01. The molecule has 0 unspecified atom stereocenters. The standard InChI is InChI=1S/C10H14O4/c1-3-14-10(13)9-6(2)4-7(11)5-8(9)12/h5-6,9,12H,3-4H2,1-2H3/t6-,9+/m1/s1. The highest BCUT2D eigenvalue weighted by Gasteiger charge is 2.34. The van der Waals surface area contributed by atoms with Gasteiger partial charge in [-0.1, -0.05) is 6.92 Å². The van der Waals surface area contributed by atoms with Gasteiger partial charge in [0.1, 0.15) is 11.7 Å². The maximum atomic E-state index is 11.4. The van der Waals surface area contributed by atoms with Crippen LogP contribution in [0.15, 0.2) is 11.8 Å². The molecule has 2 atom stereocenters. The van der Waals surface area contributed by atoms with E-state index in [1.807, 2.05) is 0 Å². The summed E-state index contributed by atoms with van der Waals surface area (Å²) in [7, 11) is 0. The highest BCUT2D eigenvalue weighted by molar-refractivity contribution is 5.93. The summed E-state index contributed by atoms with van der Waals surface area (Å²) in [4.78, 5) is 22.4. The first-order valence-electron chi connectivity index (χ1n) is 4.66. The van der Waals surface area contributed by atoms with Crippen LogP contribution in [0.1, 0.15) is 20.3 Å². The van der Waals surface area contributed by atoms with E-state index in [0.717, 1.165) is 6.08 Å². The van der Waals surface area contributed by atoms with Gasteiger partial charge in [0.05, 0.1) is 6.61 Å². The minimum absolute atomic E-state index is 0.143. The molecule has 0 aromatic rings. The number of hydrogen-bond acceptors (Lipinski definition) is 4. The number of rotatable bonds is 2. The minimum Gasteiger partial charge on any atom is -0.511 e. The van der Waals surface area contributed by atoms with Gasteiger partial charge in [-0.15, -0.1) is 0 Å². The number of allylic oxidation sites excluding steroid dienone is 1. The molecule has 0 saturated carbocycles. The maximum Gasteiger partial charge on any atom is 0.316 e. The highest BCUT2D eigenvalue weighted by atomic mass is 16.5. The molecule has 14 heavy (non-hydrogen) atoms. The summed E-state index contributed by atoms with van der Waals surface area (Å²) in [5, 5.41) is 9.45. The van der Waals surface area contributed by atoms with Crippen LogP contribution in [-0.4, -0.2) is 23.5 Å². The molecule has 0 aliphatic heterocycles. The van der Waals surface area contributed by atoms with E-state index in [0.29, 0.717) is 0 Å². The van der Waals surface area contributed by atoms with E-state index in [1.165, 1.54) is 0 Å². The summed E-state index contributed by atoms with van der Waals surface area (Å²) in [6, 6.07) is 0. The van der Waals surface area contributed by atoms with Crippen molar-refractivity contribution in [2.45, 2.75) is 20.3 Å². The number of aliphatic hydroxyl groups is 1. The Labute approximate surface area is 82.6 Å². The van der Waals surface area contributed by atoms with Gasteiger partial charge >= 0.3 is 5.97 Å². The summed E-state index contributed by atoms with van der Waals surface area (Å²) < 4.78 is 4.81. The molecular formula is C10H14O4. The SMILES string of the molecule is CCOC(=O)[C@@H]1C(O)=CC(=O)C[C@H]1C. The highest BCUT2D eigenvalue weighted by Crippen LogP contribution is 2.28. The van der Waals surface area contributed by atoms with Crippen molar-refractivity contribution in [2.24, 2.45) is 11.8 Å².